The Kier molecular flexibility index (Phi) is 0.856. The Hall–Kier alpha value is -0.410. The quantitative estimate of drug-likeness (QED) is 0.389. The van der Waals surface area contributed by atoms with E-state index in [1.54, 1.807) is 0 Å². The van der Waals surface area contributed by atoms with Crippen molar-refractivity contribution in [3.05, 3.63) is 6.54 Å². The molecule has 6 heavy (non-hydrogen) atoms. The van der Waals surface area contributed by atoms with Crippen molar-refractivity contribution < 1.29 is 4.79 Å². The van der Waals surface area contributed by atoms with Gasteiger partial charge < -0.3 is 0 Å². The summed E-state index contributed by atoms with van der Waals surface area (Å²) in [7, 11) is 0. The highest BCUT2D eigenvalue weighted by molar-refractivity contribution is 5.89. The van der Waals surface area contributed by atoms with Crippen LogP contribution < -0.4 is 10.9 Å². The summed E-state index contributed by atoms with van der Waals surface area (Å²) in [5.74, 6) is 0.106. The summed E-state index contributed by atoms with van der Waals surface area (Å²) in [6, 6.07) is 0. The zero-order valence-corrected chi connectivity index (χ0v) is 3.19. The summed E-state index contributed by atoms with van der Waals surface area (Å²) in [6.45, 7) is 1.83. The van der Waals surface area contributed by atoms with Gasteiger partial charge in [0.25, 0.3) is 0 Å². The van der Waals surface area contributed by atoms with Gasteiger partial charge in [-0.3, -0.25) is 4.79 Å². The van der Waals surface area contributed by atoms with Crippen LogP contribution in [0.3, 0.4) is 0 Å². The van der Waals surface area contributed by atoms with Crippen molar-refractivity contribution in [3.8, 4) is 0 Å². The molecule has 3 heteroatoms. The number of carbonyl (C=O) groups excluding carboxylic acids is 1. The van der Waals surface area contributed by atoms with E-state index in [-0.39, 0.29) is 5.78 Å². The number of hydrazine groups is 1. The number of hydrogen-bond acceptors (Lipinski definition) is 3. The molecule has 1 saturated heterocycles. The third-order valence-electron chi connectivity index (χ3n) is 0.598. The highest BCUT2D eigenvalue weighted by Gasteiger charge is 2.06. The molecule has 0 aromatic heterocycles. The van der Waals surface area contributed by atoms with E-state index in [1.165, 1.54) is 6.54 Å². The Morgan fingerprint density at radius 2 is 2.67 bits per heavy atom. The molecular weight excluding hydrogens is 80.0 g/mol. The first-order chi connectivity index (χ1) is 2.89. The molecule has 0 bridgehead atoms. The smallest absolute Gasteiger partial charge is 0.168 e. The maximum absolute atomic E-state index is 10.1. The second-order valence-electron chi connectivity index (χ2n) is 1.11. The Labute approximate surface area is 35.7 Å². The summed E-state index contributed by atoms with van der Waals surface area (Å²) >= 11 is 0. The second kappa shape index (κ2) is 1.36. The van der Waals surface area contributed by atoms with Crippen molar-refractivity contribution in [2.24, 2.45) is 0 Å². The molecular formula is C3H5N2O. The van der Waals surface area contributed by atoms with E-state index >= 15 is 0 Å². The van der Waals surface area contributed by atoms with Gasteiger partial charge in [0, 0.05) is 0 Å². The summed E-state index contributed by atoms with van der Waals surface area (Å²) < 4.78 is 0. The molecule has 1 fully saturated rings. The van der Waals surface area contributed by atoms with E-state index in [0.29, 0.717) is 6.54 Å². The normalized spacial score (nSPS) is 22.3. The van der Waals surface area contributed by atoms with Crippen LogP contribution in [0.25, 0.3) is 0 Å². The number of rotatable bonds is 0. The fourth-order valence-corrected chi connectivity index (χ4v) is 0.321. The molecule has 0 spiro atoms. The molecule has 0 aliphatic carbocycles. The molecule has 3 nitrogen and oxygen atoms in total. The highest BCUT2D eigenvalue weighted by atomic mass is 16.1. The predicted molar refractivity (Wildman–Crippen MR) is 20.4 cm³/mol. The molecule has 0 saturated carbocycles. The van der Waals surface area contributed by atoms with Crippen molar-refractivity contribution in [2.75, 3.05) is 6.54 Å². The minimum atomic E-state index is 0.106. The van der Waals surface area contributed by atoms with E-state index < -0.39 is 0 Å². The largest absolute Gasteiger partial charge is 0.296 e. The standard InChI is InChI=1S/C3H5N2O/c6-3-1-4-5-2-3/h1,4-5H,2H2. The molecule has 0 atom stereocenters. The van der Waals surface area contributed by atoms with Gasteiger partial charge in [-0.2, -0.15) is 0 Å². The van der Waals surface area contributed by atoms with E-state index in [1.807, 2.05) is 0 Å². The Morgan fingerprint density at radius 1 is 1.83 bits per heavy atom. The molecule has 0 unspecified atom stereocenters. The van der Waals surface area contributed by atoms with Crippen molar-refractivity contribution in [1.29, 1.82) is 0 Å². The van der Waals surface area contributed by atoms with Gasteiger partial charge in [-0.15, -0.1) is 0 Å². The van der Waals surface area contributed by atoms with Crippen LogP contribution >= 0.6 is 0 Å². The van der Waals surface area contributed by atoms with Crippen LogP contribution in [0.2, 0.25) is 0 Å². The van der Waals surface area contributed by atoms with Crippen LogP contribution in [-0.2, 0) is 4.79 Å². The van der Waals surface area contributed by atoms with Crippen LogP contribution in [0.1, 0.15) is 0 Å². The van der Waals surface area contributed by atoms with Crippen molar-refractivity contribution >= 4 is 5.78 Å². The maximum atomic E-state index is 10.1. The summed E-state index contributed by atoms with van der Waals surface area (Å²) in [5, 5.41) is 0. The number of ketones is 1. The van der Waals surface area contributed by atoms with Crippen molar-refractivity contribution in [3.63, 3.8) is 0 Å². The van der Waals surface area contributed by atoms with Crippen molar-refractivity contribution in [2.45, 2.75) is 0 Å². The molecule has 0 aromatic rings. The topological polar surface area (TPSA) is 41.1 Å². The van der Waals surface area contributed by atoms with Crippen LogP contribution in [0, 0.1) is 6.54 Å². The molecule has 1 aliphatic heterocycles. The lowest BCUT2D eigenvalue weighted by atomic mass is 10.4. The first-order valence-electron chi connectivity index (χ1n) is 1.74. The van der Waals surface area contributed by atoms with Gasteiger partial charge in [0.15, 0.2) is 5.78 Å². The van der Waals surface area contributed by atoms with Gasteiger partial charge in [0.2, 0.25) is 0 Å². The third-order valence-corrected chi connectivity index (χ3v) is 0.598. The molecule has 0 amide bonds. The average Bonchev–Trinajstić information content (AvgIpc) is 1.86. The van der Waals surface area contributed by atoms with Gasteiger partial charge >= 0.3 is 0 Å². The molecule has 1 rings (SSSR count). The SMILES string of the molecule is O=C1[CH]NNC1. The minimum absolute atomic E-state index is 0.106. The Morgan fingerprint density at radius 3 is 2.83 bits per heavy atom. The van der Waals surface area contributed by atoms with E-state index in [4.69, 9.17) is 0 Å². The van der Waals surface area contributed by atoms with Crippen LogP contribution in [0.15, 0.2) is 0 Å². The second-order valence-corrected chi connectivity index (χ2v) is 1.11. The zero-order chi connectivity index (χ0) is 4.41. The molecule has 1 radical (unpaired) electrons. The monoisotopic (exact) mass is 85.0 g/mol. The van der Waals surface area contributed by atoms with Crippen molar-refractivity contribution in [1.82, 2.24) is 10.9 Å². The Balaban J connectivity index is 2.37. The van der Waals surface area contributed by atoms with E-state index in [2.05, 4.69) is 10.9 Å². The fraction of sp³-hybridized carbons (Fsp3) is 0.333. The molecule has 33 valence electrons. The van der Waals surface area contributed by atoms with Crippen LogP contribution in [0.5, 0.6) is 0 Å². The first-order valence-corrected chi connectivity index (χ1v) is 1.74. The van der Waals surface area contributed by atoms with Crippen LogP contribution in [-0.4, -0.2) is 12.3 Å². The Bertz CT molecular complexity index is 63.2. The zero-order valence-electron chi connectivity index (χ0n) is 3.19. The fourth-order valence-electron chi connectivity index (χ4n) is 0.321. The number of carbonyl (C=O) groups is 1. The van der Waals surface area contributed by atoms with Gasteiger partial charge in [-0.1, -0.05) is 0 Å². The lowest BCUT2D eigenvalue weighted by Crippen LogP contribution is -2.19. The van der Waals surface area contributed by atoms with E-state index in [0.717, 1.165) is 0 Å². The van der Waals surface area contributed by atoms with Crippen LogP contribution in [0.4, 0.5) is 0 Å². The lowest BCUT2D eigenvalue weighted by molar-refractivity contribution is -0.113. The molecule has 1 heterocycles. The van der Waals surface area contributed by atoms with E-state index in [9.17, 15) is 4.79 Å². The highest BCUT2D eigenvalue weighted by Crippen LogP contribution is 1.76. The molecule has 2 N–H and O–H groups in total. The molecule has 0 aromatic carbocycles. The van der Waals surface area contributed by atoms with Gasteiger partial charge in [-0.05, 0) is 0 Å². The lowest BCUT2D eigenvalue weighted by Gasteiger charge is -1.78. The number of hydrogen-bond donors (Lipinski definition) is 2. The maximum Gasteiger partial charge on any atom is 0.168 e. The summed E-state index contributed by atoms with van der Waals surface area (Å²) in [5.41, 5.74) is 5.16. The number of Topliss-reactive ketones (excluding diaryl/α,β-unsaturated/α-hetero) is 1. The van der Waals surface area contributed by atoms with Gasteiger partial charge in [-0.25, -0.2) is 10.9 Å². The first kappa shape index (κ1) is 3.77. The summed E-state index contributed by atoms with van der Waals surface area (Å²) in [6.07, 6.45) is 0. The third kappa shape index (κ3) is 0.555. The number of nitrogens with one attached hydrogen (secondary N) is 2. The minimum Gasteiger partial charge on any atom is -0.296 e. The predicted octanol–water partition coefficient (Wildman–Crippen LogP) is -1.17. The molecule has 1 aliphatic rings. The van der Waals surface area contributed by atoms with Gasteiger partial charge in [0.05, 0.1) is 6.54 Å². The average molecular weight is 85.1 g/mol. The summed E-state index contributed by atoms with van der Waals surface area (Å²) in [4.78, 5) is 10.1. The van der Waals surface area contributed by atoms with Gasteiger partial charge in [0.1, 0.15) is 6.54 Å².